The summed E-state index contributed by atoms with van der Waals surface area (Å²) in [7, 11) is 0. The van der Waals surface area contributed by atoms with E-state index in [9.17, 15) is 33.9 Å². The third kappa shape index (κ3) is 14.4. The molecule has 0 saturated carbocycles. The van der Waals surface area contributed by atoms with E-state index in [1.165, 1.54) is 18.7 Å². The van der Waals surface area contributed by atoms with E-state index in [0.717, 1.165) is 0 Å². The van der Waals surface area contributed by atoms with Gasteiger partial charge in [0.2, 0.25) is 29.5 Å². The van der Waals surface area contributed by atoms with Crippen molar-refractivity contribution < 1.29 is 39.0 Å². The molecule has 15 nitrogen and oxygen atoms in total. The van der Waals surface area contributed by atoms with Gasteiger partial charge in [-0.2, -0.15) is 11.8 Å². The van der Waals surface area contributed by atoms with Gasteiger partial charge in [-0.05, 0) is 57.1 Å². The molecule has 5 amide bonds. The molecule has 0 aromatic carbocycles. The minimum absolute atomic E-state index is 0.201. The van der Waals surface area contributed by atoms with E-state index >= 15 is 0 Å². The lowest BCUT2D eigenvalue weighted by molar-refractivity contribution is -0.143. The van der Waals surface area contributed by atoms with Gasteiger partial charge in [0.1, 0.15) is 30.2 Å². The molecular weight excluding hydrogens is 546 g/mol. The highest BCUT2D eigenvalue weighted by molar-refractivity contribution is 7.98. The van der Waals surface area contributed by atoms with E-state index < -0.39 is 78.9 Å². The first-order chi connectivity index (χ1) is 18.8. The number of hydrogen-bond donors (Lipinski definition) is 9. The molecule has 11 N–H and O–H groups in total. The molecule has 0 aliphatic carbocycles. The molecule has 0 aromatic heterocycles. The number of rotatable bonds is 20. The third-order valence-electron chi connectivity index (χ3n) is 5.78. The van der Waals surface area contributed by atoms with Crippen LogP contribution in [-0.4, -0.2) is 108 Å². The molecule has 5 atom stereocenters. The zero-order valence-corrected chi connectivity index (χ0v) is 24.3. The van der Waals surface area contributed by atoms with Crippen LogP contribution in [0, 0.1) is 5.92 Å². The van der Waals surface area contributed by atoms with Crippen molar-refractivity contribution in [1.29, 1.82) is 0 Å². The molecule has 0 radical (unpaired) electrons. The van der Waals surface area contributed by atoms with Crippen LogP contribution < -0.4 is 38.1 Å². The van der Waals surface area contributed by atoms with Crippen LogP contribution in [0.15, 0.2) is 0 Å². The van der Waals surface area contributed by atoms with Gasteiger partial charge in [-0.1, -0.05) is 13.8 Å². The standard InChI is InChI=1S/C24H45N7O8S/c1-13(2)19(24(38)39)31-18(33)11-27-22(36)16(7-5-6-9-25)29-20(34)14(3)28-23(37)17(8-10-40-4)30-21(35)15(26)12-32/h13-17,19,32H,5-12,25-26H2,1-4H3,(H,27,36)(H,28,37)(H,29,34)(H,30,35)(H,31,33)(H,38,39). The molecule has 0 aliphatic rings. The first-order valence-corrected chi connectivity index (χ1v) is 14.4. The molecule has 0 rings (SSSR count). The van der Waals surface area contributed by atoms with Gasteiger partial charge in [-0.25, -0.2) is 4.79 Å². The highest BCUT2D eigenvalue weighted by Gasteiger charge is 2.29. The summed E-state index contributed by atoms with van der Waals surface area (Å²) in [6, 6.07) is -5.49. The average Bonchev–Trinajstić information content (AvgIpc) is 2.90. The summed E-state index contributed by atoms with van der Waals surface area (Å²) >= 11 is 1.45. The fraction of sp³-hybridized carbons (Fsp3) is 0.750. The van der Waals surface area contributed by atoms with Crippen molar-refractivity contribution in [2.75, 3.05) is 31.7 Å². The van der Waals surface area contributed by atoms with E-state index in [2.05, 4.69) is 26.6 Å². The van der Waals surface area contributed by atoms with Crippen molar-refractivity contribution in [3.05, 3.63) is 0 Å². The second-order valence-corrected chi connectivity index (χ2v) is 10.5. The van der Waals surface area contributed by atoms with Crippen LogP contribution in [0.2, 0.25) is 0 Å². The van der Waals surface area contributed by atoms with Gasteiger partial charge >= 0.3 is 5.97 Å². The van der Waals surface area contributed by atoms with Crippen molar-refractivity contribution >= 4 is 47.3 Å². The van der Waals surface area contributed by atoms with Crippen molar-refractivity contribution in [2.45, 2.75) is 76.7 Å². The summed E-state index contributed by atoms with van der Waals surface area (Å²) in [5.74, 6) is -4.48. The number of carboxylic acids is 1. The Morgan fingerprint density at radius 3 is 1.95 bits per heavy atom. The molecule has 16 heteroatoms. The number of aliphatic carboxylic acids is 1. The molecule has 0 aliphatic heterocycles. The van der Waals surface area contributed by atoms with E-state index in [0.29, 0.717) is 25.1 Å². The molecule has 0 spiro atoms. The molecular formula is C24H45N7O8S. The number of aliphatic hydroxyl groups is 1. The van der Waals surface area contributed by atoms with Crippen molar-refractivity contribution in [3.63, 3.8) is 0 Å². The maximum atomic E-state index is 12.9. The summed E-state index contributed by atoms with van der Waals surface area (Å²) < 4.78 is 0. The fourth-order valence-electron chi connectivity index (χ4n) is 3.33. The van der Waals surface area contributed by atoms with Gasteiger partial charge in [0.25, 0.3) is 0 Å². The van der Waals surface area contributed by atoms with Gasteiger partial charge in [0, 0.05) is 0 Å². The number of nitrogens with two attached hydrogens (primary N) is 2. The van der Waals surface area contributed by atoms with Crippen molar-refractivity contribution in [1.82, 2.24) is 26.6 Å². The number of thioether (sulfide) groups is 1. The van der Waals surface area contributed by atoms with E-state index in [1.807, 2.05) is 6.26 Å². The fourth-order valence-corrected chi connectivity index (χ4v) is 3.80. The average molecular weight is 592 g/mol. The maximum Gasteiger partial charge on any atom is 0.326 e. The Bertz CT molecular complexity index is 861. The zero-order chi connectivity index (χ0) is 30.8. The minimum Gasteiger partial charge on any atom is -0.480 e. The largest absolute Gasteiger partial charge is 0.480 e. The van der Waals surface area contributed by atoms with Crippen LogP contribution in [0.5, 0.6) is 0 Å². The third-order valence-corrected chi connectivity index (χ3v) is 6.43. The summed E-state index contributed by atoms with van der Waals surface area (Å²) in [5.41, 5.74) is 11.0. The number of nitrogens with one attached hydrogen (secondary N) is 5. The lowest BCUT2D eigenvalue weighted by Gasteiger charge is -2.24. The predicted octanol–water partition coefficient (Wildman–Crippen LogP) is -3.00. The normalized spacial score (nSPS) is 14.7. The minimum atomic E-state index is -1.21. The topological polar surface area (TPSA) is 255 Å². The molecule has 230 valence electrons. The van der Waals surface area contributed by atoms with E-state index in [1.54, 1.807) is 13.8 Å². The summed E-state index contributed by atoms with van der Waals surface area (Å²) in [6.07, 6.45) is 3.34. The van der Waals surface area contributed by atoms with Gasteiger partial charge in [-0.3, -0.25) is 24.0 Å². The lowest BCUT2D eigenvalue weighted by Crippen LogP contribution is -2.57. The van der Waals surface area contributed by atoms with Crippen LogP contribution >= 0.6 is 11.8 Å². The molecule has 0 heterocycles. The molecule has 0 aromatic rings. The molecule has 0 fully saturated rings. The number of amides is 5. The predicted molar refractivity (Wildman–Crippen MR) is 150 cm³/mol. The van der Waals surface area contributed by atoms with Gasteiger partial charge in [0.15, 0.2) is 0 Å². The van der Waals surface area contributed by atoms with Gasteiger partial charge < -0.3 is 48.3 Å². The first kappa shape index (κ1) is 37.0. The molecule has 0 bridgehead atoms. The maximum absolute atomic E-state index is 12.9. The second kappa shape index (κ2) is 20.0. The summed E-state index contributed by atoms with van der Waals surface area (Å²) in [6.45, 7) is 3.92. The highest BCUT2D eigenvalue weighted by atomic mass is 32.2. The Kier molecular flexibility index (Phi) is 18.5. The number of carbonyl (C=O) groups excluding carboxylic acids is 5. The Morgan fingerprint density at radius 2 is 1.43 bits per heavy atom. The number of carboxylic acid groups (broad SMARTS) is 1. The van der Waals surface area contributed by atoms with Crippen molar-refractivity contribution in [2.24, 2.45) is 17.4 Å². The lowest BCUT2D eigenvalue weighted by atomic mass is 10.0. The number of aliphatic hydroxyl groups excluding tert-OH is 1. The highest BCUT2D eigenvalue weighted by Crippen LogP contribution is 2.05. The molecule has 40 heavy (non-hydrogen) atoms. The van der Waals surface area contributed by atoms with Crippen LogP contribution in [-0.2, 0) is 28.8 Å². The summed E-state index contributed by atoms with van der Waals surface area (Å²) in [4.78, 5) is 74.0. The van der Waals surface area contributed by atoms with Crippen LogP contribution in [0.4, 0.5) is 0 Å². The quantitative estimate of drug-likeness (QED) is 0.0645. The SMILES string of the molecule is CSCCC(NC(=O)C(N)CO)C(=O)NC(C)C(=O)NC(CCCCN)C(=O)NCC(=O)NC(C(=O)O)C(C)C. The number of unbranched alkanes of at least 4 members (excludes halogenated alkanes) is 1. The zero-order valence-electron chi connectivity index (χ0n) is 23.5. The molecule has 5 unspecified atom stereocenters. The van der Waals surface area contributed by atoms with Gasteiger partial charge in [0.05, 0.1) is 13.2 Å². The number of carbonyl (C=O) groups is 6. The summed E-state index contributed by atoms with van der Waals surface area (Å²) in [5, 5.41) is 30.6. The van der Waals surface area contributed by atoms with E-state index in [4.69, 9.17) is 16.6 Å². The Labute approximate surface area is 238 Å². The smallest absolute Gasteiger partial charge is 0.326 e. The Morgan fingerprint density at radius 1 is 0.825 bits per heavy atom. The first-order valence-electron chi connectivity index (χ1n) is 13.0. The Hall–Kier alpha value is -2.95. The van der Waals surface area contributed by atoms with E-state index in [-0.39, 0.29) is 18.8 Å². The second-order valence-electron chi connectivity index (χ2n) is 9.55. The van der Waals surface area contributed by atoms with Crippen LogP contribution in [0.3, 0.4) is 0 Å². The van der Waals surface area contributed by atoms with Crippen LogP contribution in [0.25, 0.3) is 0 Å². The van der Waals surface area contributed by atoms with Crippen LogP contribution in [0.1, 0.15) is 46.5 Å². The number of hydrogen-bond acceptors (Lipinski definition) is 10. The Balaban J connectivity index is 5.27. The van der Waals surface area contributed by atoms with Crippen molar-refractivity contribution in [3.8, 4) is 0 Å². The van der Waals surface area contributed by atoms with Gasteiger partial charge in [-0.15, -0.1) is 0 Å². The monoisotopic (exact) mass is 591 g/mol. The molecule has 0 saturated heterocycles.